The number of carbonyl (C=O) groups excluding carboxylic acids is 2. The third-order valence-corrected chi connectivity index (χ3v) is 5.04. The number of aryl methyl sites for hydroxylation is 1. The lowest BCUT2D eigenvalue weighted by Crippen LogP contribution is -2.14. The number of esters is 1. The summed E-state index contributed by atoms with van der Waals surface area (Å²) >= 11 is 0. The molecule has 0 amide bonds. The number of benzene rings is 2. The fraction of sp³-hybridized carbons (Fsp3) is 0.440. The van der Waals surface area contributed by atoms with Crippen LogP contribution < -0.4 is 9.47 Å². The van der Waals surface area contributed by atoms with E-state index in [-0.39, 0.29) is 41.6 Å². The van der Waals surface area contributed by atoms with Gasteiger partial charge in [-0.05, 0) is 55.0 Å². The highest BCUT2D eigenvalue weighted by Crippen LogP contribution is 2.43. The van der Waals surface area contributed by atoms with E-state index in [1.807, 2.05) is 32.9 Å². The zero-order chi connectivity index (χ0) is 22.7. The molecule has 3 rings (SSSR count). The SMILES string of the molecule is Cc1cc2c(c(OCCC(C)C)c1)Oc1ccc(C(=O)CC(C)C)c(O)c1C(=O)OC2. The van der Waals surface area contributed by atoms with E-state index in [1.165, 1.54) is 12.1 Å². The number of carbonyl (C=O) groups is 2. The van der Waals surface area contributed by atoms with Crippen molar-refractivity contribution < 1.29 is 28.9 Å². The van der Waals surface area contributed by atoms with E-state index < -0.39 is 11.7 Å². The molecule has 0 bridgehead atoms. The quantitative estimate of drug-likeness (QED) is 0.444. The van der Waals surface area contributed by atoms with E-state index in [2.05, 4.69) is 13.8 Å². The monoisotopic (exact) mass is 426 g/mol. The van der Waals surface area contributed by atoms with Crippen LogP contribution in [0.15, 0.2) is 24.3 Å². The lowest BCUT2D eigenvalue weighted by atomic mass is 9.97. The Morgan fingerprint density at radius 3 is 2.58 bits per heavy atom. The number of hydrogen-bond donors (Lipinski definition) is 1. The van der Waals surface area contributed by atoms with Crippen LogP contribution in [0.4, 0.5) is 0 Å². The summed E-state index contributed by atoms with van der Waals surface area (Å²) in [6.07, 6.45) is 1.15. The molecule has 1 N–H and O–H groups in total. The van der Waals surface area contributed by atoms with Gasteiger partial charge >= 0.3 is 5.97 Å². The van der Waals surface area contributed by atoms with Gasteiger partial charge in [0, 0.05) is 12.0 Å². The minimum Gasteiger partial charge on any atom is -0.506 e. The third-order valence-electron chi connectivity index (χ3n) is 5.04. The summed E-state index contributed by atoms with van der Waals surface area (Å²) in [4.78, 5) is 25.2. The molecule has 6 nitrogen and oxygen atoms in total. The molecule has 1 aliphatic heterocycles. The van der Waals surface area contributed by atoms with Crippen LogP contribution in [-0.2, 0) is 11.3 Å². The molecule has 6 heteroatoms. The second-order valence-corrected chi connectivity index (χ2v) is 8.82. The van der Waals surface area contributed by atoms with Crippen molar-refractivity contribution in [3.8, 4) is 23.0 Å². The van der Waals surface area contributed by atoms with Crippen LogP contribution in [0.1, 0.15) is 72.4 Å². The number of phenolic OH excluding ortho intramolecular Hbond substituents is 1. The summed E-state index contributed by atoms with van der Waals surface area (Å²) in [6.45, 7) is 10.5. The molecular formula is C25H30O6. The zero-order valence-electron chi connectivity index (χ0n) is 18.8. The van der Waals surface area contributed by atoms with Crippen molar-refractivity contribution in [1.82, 2.24) is 0 Å². The number of fused-ring (bicyclic) bond motifs is 2. The Kier molecular flexibility index (Phi) is 6.88. The molecule has 0 unspecified atom stereocenters. The molecule has 31 heavy (non-hydrogen) atoms. The van der Waals surface area contributed by atoms with Crippen molar-refractivity contribution in [2.75, 3.05) is 6.61 Å². The molecule has 2 aromatic carbocycles. The van der Waals surface area contributed by atoms with Gasteiger partial charge < -0.3 is 19.3 Å². The summed E-state index contributed by atoms with van der Waals surface area (Å²) in [6, 6.07) is 6.77. The lowest BCUT2D eigenvalue weighted by Gasteiger charge is -2.22. The van der Waals surface area contributed by atoms with Gasteiger partial charge in [-0.1, -0.05) is 27.7 Å². The Hall–Kier alpha value is -3.02. The Labute approximate surface area is 183 Å². The standard InChI is InChI=1S/C25H30O6/c1-14(2)8-9-29-21-12-16(5)11-17-13-30-25(28)22-20(31-24(17)21)7-6-18(23(22)27)19(26)10-15(3)4/h6-7,11-12,14-15,27H,8-10,13H2,1-5H3. The maximum absolute atomic E-state index is 12.7. The molecule has 2 aromatic rings. The van der Waals surface area contributed by atoms with Crippen molar-refractivity contribution >= 4 is 11.8 Å². The first-order valence-corrected chi connectivity index (χ1v) is 10.7. The highest BCUT2D eigenvalue weighted by molar-refractivity contribution is 6.05. The van der Waals surface area contributed by atoms with Crippen LogP contribution in [0.25, 0.3) is 0 Å². The van der Waals surface area contributed by atoms with E-state index in [0.29, 0.717) is 29.6 Å². The Bertz CT molecular complexity index is 990. The van der Waals surface area contributed by atoms with Gasteiger partial charge in [0.1, 0.15) is 23.7 Å². The first kappa shape index (κ1) is 22.7. The average Bonchev–Trinajstić information content (AvgIpc) is 2.66. The molecule has 166 valence electrons. The van der Waals surface area contributed by atoms with E-state index in [0.717, 1.165) is 12.0 Å². The number of ether oxygens (including phenoxy) is 3. The van der Waals surface area contributed by atoms with Crippen LogP contribution in [0.3, 0.4) is 0 Å². The largest absolute Gasteiger partial charge is 0.506 e. The zero-order valence-corrected chi connectivity index (χ0v) is 18.8. The topological polar surface area (TPSA) is 82.1 Å². The van der Waals surface area contributed by atoms with Crippen molar-refractivity contribution in [3.63, 3.8) is 0 Å². The summed E-state index contributed by atoms with van der Waals surface area (Å²) in [5.41, 5.74) is 1.58. The van der Waals surface area contributed by atoms with E-state index in [9.17, 15) is 14.7 Å². The van der Waals surface area contributed by atoms with Gasteiger partial charge in [-0.15, -0.1) is 0 Å². The van der Waals surface area contributed by atoms with Gasteiger partial charge in [0.15, 0.2) is 17.3 Å². The molecule has 0 aromatic heterocycles. The molecule has 0 atom stereocenters. The summed E-state index contributed by atoms with van der Waals surface area (Å²) in [5, 5.41) is 10.7. The van der Waals surface area contributed by atoms with Gasteiger partial charge in [-0.2, -0.15) is 0 Å². The highest BCUT2D eigenvalue weighted by atomic mass is 16.5. The van der Waals surface area contributed by atoms with Crippen LogP contribution in [0, 0.1) is 18.8 Å². The predicted octanol–water partition coefficient (Wildman–Crippen LogP) is 5.82. The molecule has 0 saturated heterocycles. The molecule has 0 aliphatic carbocycles. The highest BCUT2D eigenvalue weighted by Gasteiger charge is 2.29. The number of hydrogen-bond acceptors (Lipinski definition) is 6. The third kappa shape index (κ3) is 5.19. The number of rotatable bonds is 7. The van der Waals surface area contributed by atoms with Gasteiger partial charge in [-0.3, -0.25) is 4.79 Å². The van der Waals surface area contributed by atoms with Gasteiger partial charge in [0.2, 0.25) is 0 Å². The number of cyclic esters (lactones) is 1. The second kappa shape index (κ2) is 9.41. The van der Waals surface area contributed by atoms with Crippen molar-refractivity contribution in [3.05, 3.63) is 46.5 Å². The maximum atomic E-state index is 12.7. The summed E-state index contributed by atoms with van der Waals surface area (Å²) in [7, 11) is 0. The second-order valence-electron chi connectivity index (χ2n) is 8.82. The average molecular weight is 427 g/mol. The molecule has 1 heterocycles. The molecule has 0 radical (unpaired) electrons. The van der Waals surface area contributed by atoms with E-state index >= 15 is 0 Å². The number of Topliss-reactive ketones (excluding diaryl/α,β-unsaturated/α-hetero) is 1. The Morgan fingerprint density at radius 1 is 1.16 bits per heavy atom. The molecule has 1 aliphatic rings. The summed E-state index contributed by atoms with van der Waals surface area (Å²) in [5.74, 6) is 0.363. The number of ketones is 1. The number of phenols is 1. The molecule has 0 saturated carbocycles. The van der Waals surface area contributed by atoms with Crippen LogP contribution >= 0.6 is 0 Å². The molecule has 0 fully saturated rings. The Morgan fingerprint density at radius 2 is 1.90 bits per heavy atom. The van der Waals surface area contributed by atoms with Gasteiger partial charge in [0.05, 0.1) is 12.2 Å². The van der Waals surface area contributed by atoms with Crippen molar-refractivity contribution in [2.24, 2.45) is 11.8 Å². The first-order valence-electron chi connectivity index (χ1n) is 10.7. The van der Waals surface area contributed by atoms with Crippen LogP contribution in [0.2, 0.25) is 0 Å². The Balaban J connectivity index is 2.02. The minimum atomic E-state index is -0.735. The van der Waals surface area contributed by atoms with Crippen molar-refractivity contribution in [1.29, 1.82) is 0 Å². The molecule has 0 spiro atoms. The maximum Gasteiger partial charge on any atom is 0.346 e. The van der Waals surface area contributed by atoms with Gasteiger partial charge in [-0.25, -0.2) is 4.79 Å². The van der Waals surface area contributed by atoms with Gasteiger partial charge in [0.25, 0.3) is 0 Å². The van der Waals surface area contributed by atoms with Crippen LogP contribution in [-0.4, -0.2) is 23.5 Å². The van der Waals surface area contributed by atoms with E-state index in [4.69, 9.17) is 14.2 Å². The van der Waals surface area contributed by atoms with Crippen molar-refractivity contribution in [2.45, 2.75) is 54.1 Å². The predicted molar refractivity (Wildman–Crippen MR) is 117 cm³/mol. The normalized spacial score (nSPS) is 13.1. The smallest absolute Gasteiger partial charge is 0.346 e. The fourth-order valence-corrected chi connectivity index (χ4v) is 3.43. The number of aromatic hydroxyl groups is 1. The molecular weight excluding hydrogens is 396 g/mol. The summed E-state index contributed by atoms with van der Waals surface area (Å²) < 4.78 is 17.5. The first-order chi connectivity index (χ1) is 14.7. The minimum absolute atomic E-state index is 0.0283. The van der Waals surface area contributed by atoms with E-state index in [1.54, 1.807) is 0 Å². The van der Waals surface area contributed by atoms with Crippen LogP contribution in [0.5, 0.6) is 23.0 Å². The lowest BCUT2D eigenvalue weighted by molar-refractivity contribution is 0.0455. The fourth-order valence-electron chi connectivity index (χ4n) is 3.43.